The van der Waals surface area contributed by atoms with Crippen LogP contribution >= 0.6 is 0 Å². The first-order valence-electron chi connectivity index (χ1n) is 34.0. The molecule has 1 amide bonds. The molecule has 1 rings (SSSR count). The first kappa shape index (κ1) is 77.6. The van der Waals surface area contributed by atoms with Crippen molar-refractivity contribution in [1.29, 1.82) is 0 Å². The van der Waals surface area contributed by atoms with E-state index < -0.39 is 67.4 Å². The SMILES string of the molecule is CCCCC/C=C\C/C=C\C/C=C\C/C=C\CCCCCCCC(=O)OC1C(OCC(NC(=O)C(O)CCCCCCCCCCC/C=C\C/C=C\C/C=C\CCCCC)C(O)/C=C/CCCCCCCCCCC)OC(CO)C(O)C1O. The van der Waals surface area contributed by atoms with Crippen LogP contribution in [-0.2, 0) is 23.8 Å². The van der Waals surface area contributed by atoms with Crippen LogP contribution in [0, 0.1) is 0 Å². The number of esters is 1. The fourth-order valence-corrected chi connectivity index (χ4v) is 10.1. The predicted molar refractivity (Wildman–Crippen MR) is 347 cm³/mol. The monoisotopic (exact) mass is 1160 g/mol. The van der Waals surface area contributed by atoms with Crippen molar-refractivity contribution in [3.63, 3.8) is 0 Å². The summed E-state index contributed by atoms with van der Waals surface area (Å²) in [5.41, 5.74) is 0. The fraction of sp³-hybridized carbons (Fsp3) is 0.750. The summed E-state index contributed by atoms with van der Waals surface area (Å²) in [6, 6.07) is -1.04. The predicted octanol–water partition coefficient (Wildman–Crippen LogP) is 17.1. The summed E-state index contributed by atoms with van der Waals surface area (Å²) >= 11 is 0. The van der Waals surface area contributed by atoms with E-state index in [1.54, 1.807) is 6.08 Å². The van der Waals surface area contributed by atoms with Gasteiger partial charge in [0.2, 0.25) is 5.91 Å². The molecule has 0 radical (unpaired) electrons. The van der Waals surface area contributed by atoms with Crippen molar-refractivity contribution in [2.45, 2.75) is 333 Å². The molecule has 1 aliphatic heterocycles. The van der Waals surface area contributed by atoms with Gasteiger partial charge in [0.1, 0.15) is 24.4 Å². The number of carbonyl (C=O) groups is 2. The molecule has 0 aromatic heterocycles. The highest BCUT2D eigenvalue weighted by atomic mass is 16.7. The highest BCUT2D eigenvalue weighted by Gasteiger charge is 2.47. The van der Waals surface area contributed by atoms with Crippen LogP contribution < -0.4 is 5.32 Å². The van der Waals surface area contributed by atoms with Gasteiger partial charge in [0.15, 0.2) is 12.4 Å². The van der Waals surface area contributed by atoms with Gasteiger partial charge in [-0.15, -0.1) is 0 Å². The first-order chi connectivity index (χ1) is 40.7. The first-order valence-corrected chi connectivity index (χ1v) is 34.0. The minimum Gasteiger partial charge on any atom is -0.454 e. The molecule has 0 saturated carbocycles. The number of rotatable bonds is 57. The molecule has 1 fully saturated rings. The van der Waals surface area contributed by atoms with Gasteiger partial charge in [-0.1, -0.05) is 266 Å². The Bertz CT molecular complexity index is 1720. The fourth-order valence-electron chi connectivity index (χ4n) is 10.1. The van der Waals surface area contributed by atoms with Gasteiger partial charge in [-0.25, -0.2) is 0 Å². The van der Waals surface area contributed by atoms with Gasteiger partial charge < -0.3 is 45.1 Å². The van der Waals surface area contributed by atoms with Gasteiger partial charge in [0.25, 0.3) is 0 Å². The van der Waals surface area contributed by atoms with Crippen LogP contribution in [0.3, 0.4) is 0 Å². The van der Waals surface area contributed by atoms with Gasteiger partial charge in [-0.2, -0.15) is 0 Å². The van der Waals surface area contributed by atoms with Crippen LogP contribution in [0.2, 0.25) is 0 Å². The van der Waals surface area contributed by atoms with E-state index in [4.69, 9.17) is 14.2 Å². The molecule has 11 nitrogen and oxygen atoms in total. The van der Waals surface area contributed by atoms with E-state index in [0.717, 1.165) is 109 Å². The molecule has 0 bridgehead atoms. The van der Waals surface area contributed by atoms with Crippen LogP contribution in [0.25, 0.3) is 0 Å². The average Bonchev–Trinajstić information content (AvgIpc) is 3.69. The van der Waals surface area contributed by atoms with Crippen LogP contribution in [0.15, 0.2) is 97.2 Å². The molecule has 8 atom stereocenters. The number of nitrogens with one attached hydrogen (secondary N) is 1. The Morgan fingerprint density at radius 2 is 0.831 bits per heavy atom. The number of aliphatic hydroxyl groups excluding tert-OH is 5. The molecule has 1 aliphatic rings. The molecule has 0 aromatic rings. The summed E-state index contributed by atoms with van der Waals surface area (Å²) < 4.78 is 17.6. The second kappa shape index (κ2) is 58.9. The van der Waals surface area contributed by atoms with E-state index >= 15 is 0 Å². The van der Waals surface area contributed by atoms with Gasteiger partial charge in [-0.05, 0) is 109 Å². The summed E-state index contributed by atoms with van der Waals surface area (Å²) in [6.45, 7) is 5.73. The highest BCUT2D eigenvalue weighted by molar-refractivity contribution is 5.80. The maximum Gasteiger partial charge on any atom is 0.306 e. The number of carbonyl (C=O) groups excluding carboxylic acids is 2. The van der Waals surface area contributed by atoms with E-state index in [0.29, 0.717) is 12.8 Å². The van der Waals surface area contributed by atoms with Crippen molar-refractivity contribution in [2.75, 3.05) is 13.2 Å². The summed E-state index contributed by atoms with van der Waals surface area (Å²) in [6.07, 6.45) is 68.6. The summed E-state index contributed by atoms with van der Waals surface area (Å²) in [5.74, 6) is -1.22. The Labute approximate surface area is 507 Å². The molecule has 83 heavy (non-hydrogen) atoms. The van der Waals surface area contributed by atoms with Crippen molar-refractivity contribution >= 4 is 11.9 Å². The Morgan fingerprint density at radius 1 is 0.470 bits per heavy atom. The van der Waals surface area contributed by atoms with E-state index in [1.165, 1.54) is 128 Å². The van der Waals surface area contributed by atoms with Crippen LogP contribution in [0.4, 0.5) is 0 Å². The molecular formula is C72H125NO10. The van der Waals surface area contributed by atoms with Crippen molar-refractivity contribution in [2.24, 2.45) is 0 Å². The summed E-state index contributed by atoms with van der Waals surface area (Å²) in [4.78, 5) is 26.6. The highest BCUT2D eigenvalue weighted by Crippen LogP contribution is 2.26. The topological polar surface area (TPSA) is 175 Å². The van der Waals surface area contributed by atoms with Crippen molar-refractivity contribution in [1.82, 2.24) is 5.32 Å². The minimum absolute atomic E-state index is 0.0981. The third-order valence-corrected chi connectivity index (χ3v) is 15.5. The zero-order valence-electron chi connectivity index (χ0n) is 53.0. The molecule has 0 aliphatic carbocycles. The van der Waals surface area contributed by atoms with Gasteiger partial charge in [0, 0.05) is 6.42 Å². The van der Waals surface area contributed by atoms with Crippen LogP contribution in [0.5, 0.6) is 0 Å². The molecule has 478 valence electrons. The normalized spacial score (nSPS) is 19.2. The summed E-state index contributed by atoms with van der Waals surface area (Å²) in [5, 5.41) is 57.1. The minimum atomic E-state index is -1.63. The van der Waals surface area contributed by atoms with E-state index in [2.05, 4.69) is 111 Å². The Kier molecular flexibility index (Phi) is 55.1. The number of aliphatic hydroxyl groups is 5. The van der Waals surface area contributed by atoms with Gasteiger partial charge in [0.05, 0.1) is 25.4 Å². The lowest BCUT2D eigenvalue weighted by molar-refractivity contribution is -0.305. The zero-order chi connectivity index (χ0) is 60.3. The number of allylic oxidation sites excluding steroid dienone is 15. The number of ether oxygens (including phenoxy) is 3. The Morgan fingerprint density at radius 3 is 1.27 bits per heavy atom. The van der Waals surface area contributed by atoms with Crippen LogP contribution in [-0.4, -0.2) is 99.6 Å². The maximum absolute atomic E-state index is 13.5. The molecule has 1 heterocycles. The molecular weight excluding hydrogens is 1040 g/mol. The lowest BCUT2D eigenvalue weighted by atomic mass is 9.99. The van der Waals surface area contributed by atoms with Gasteiger partial charge >= 0.3 is 5.97 Å². The third-order valence-electron chi connectivity index (χ3n) is 15.5. The second-order valence-electron chi connectivity index (χ2n) is 23.2. The van der Waals surface area contributed by atoms with E-state index in [9.17, 15) is 35.1 Å². The molecule has 6 N–H and O–H groups in total. The van der Waals surface area contributed by atoms with E-state index in [1.807, 2.05) is 6.08 Å². The number of hydrogen-bond acceptors (Lipinski definition) is 10. The molecule has 1 saturated heterocycles. The standard InChI is InChI=1S/C72H125NO10/c1-4-7-10-13-16-19-22-24-26-28-30-32-34-35-37-39-41-44-47-50-53-56-59-65(76)71(80)73-63(64(75)58-55-52-49-46-43-21-18-15-12-9-6-3)62-81-72-70(69(79)68(78)66(61-74)82-72)83-67(77)60-57-54-51-48-45-42-40-38-36-33-31-29-27-25-23-20-17-14-11-8-5-2/h16-17,19-20,24-27,30-33,38,40,55,58,63-66,68-70,72,74-76,78-79H,4-15,18,21-23,28-29,34-37,39,41-54,56-57,59-62H2,1-3H3,(H,73,80)/b19-16-,20-17-,26-24-,27-25-,32-30-,33-31-,40-38-,58-55+. The van der Waals surface area contributed by atoms with Crippen molar-refractivity contribution in [3.05, 3.63) is 97.2 Å². The zero-order valence-corrected chi connectivity index (χ0v) is 53.0. The maximum atomic E-state index is 13.5. The number of hydrogen-bond donors (Lipinski definition) is 6. The Balaban J connectivity index is 2.62. The number of amides is 1. The largest absolute Gasteiger partial charge is 0.454 e. The molecule has 0 aromatic carbocycles. The second-order valence-corrected chi connectivity index (χ2v) is 23.2. The summed E-state index contributed by atoms with van der Waals surface area (Å²) in [7, 11) is 0. The number of unbranched alkanes of at least 4 members (excludes halogenated alkanes) is 29. The van der Waals surface area contributed by atoms with Crippen LogP contribution in [0.1, 0.15) is 284 Å². The lowest BCUT2D eigenvalue weighted by Crippen LogP contribution is -2.61. The van der Waals surface area contributed by atoms with Crippen molar-refractivity contribution in [3.8, 4) is 0 Å². The van der Waals surface area contributed by atoms with Crippen molar-refractivity contribution < 1.29 is 49.3 Å². The molecule has 8 unspecified atom stereocenters. The molecule has 11 heteroatoms. The van der Waals surface area contributed by atoms with Gasteiger partial charge in [-0.3, -0.25) is 9.59 Å². The third kappa shape index (κ3) is 46.5. The van der Waals surface area contributed by atoms with E-state index in [-0.39, 0.29) is 19.4 Å². The Hall–Kier alpha value is -3.42. The average molecular weight is 1160 g/mol. The quantitative estimate of drug-likeness (QED) is 0.0195. The molecule has 0 spiro atoms. The lowest BCUT2D eigenvalue weighted by Gasteiger charge is -2.41. The smallest absolute Gasteiger partial charge is 0.306 e.